The highest BCUT2D eigenvalue weighted by Crippen LogP contribution is 2.36. The zero-order chi connectivity index (χ0) is 23.2. The van der Waals surface area contributed by atoms with Crippen LogP contribution in [0, 0.1) is 5.92 Å². The molecule has 0 heterocycles. The van der Waals surface area contributed by atoms with E-state index in [4.69, 9.17) is 11.6 Å². The Morgan fingerprint density at radius 3 is 2.42 bits per heavy atom. The van der Waals surface area contributed by atoms with Crippen LogP contribution < -0.4 is 10.6 Å². The zero-order valence-electron chi connectivity index (χ0n) is 17.5. The van der Waals surface area contributed by atoms with E-state index in [9.17, 15) is 27.6 Å². The van der Waals surface area contributed by atoms with E-state index in [1.165, 1.54) is 26.5 Å². The molecule has 0 aliphatic heterocycles. The van der Waals surface area contributed by atoms with Crippen LogP contribution in [0.1, 0.15) is 51.0 Å². The van der Waals surface area contributed by atoms with Crippen molar-refractivity contribution in [1.29, 1.82) is 0 Å². The highest BCUT2D eigenvalue weighted by molar-refractivity contribution is 6.31. The Balaban J connectivity index is 1.85. The summed E-state index contributed by atoms with van der Waals surface area (Å²) >= 11 is 5.56. The summed E-state index contributed by atoms with van der Waals surface area (Å²) in [6.07, 6.45) is 1.15. The lowest BCUT2D eigenvalue weighted by molar-refractivity contribution is -0.137. The number of alkyl halides is 3. The molecule has 1 fully saturated rings. The first kappa shape index (κ1) is 25.0. The maximum Gasteiger partial charge on any atom is 0.417 e. The third kappa shape index (κ3) is 7.72. The van der Waals surface area contributed by atoms with E-state index in [1.807, 2.05) is 0 Å². The van der Waals surface area contributed by atoms with Crippen LogP contribution in [0.3, 0.4) is 0 Å². The summed E-state index contributed by atoms with van der Waals surface area (Å²) in [5, 5.41) is 4.51. The number of anilines is 1. The van der Waals surface area contributed by atoms with Crippen LogP contribution in [0.2, 0.25) is 5.02 Å². The number of benzene rings is 1. The molecule has 1 aromatic rings. The first-order valence-electron chi connectivity index (χ1n) is 10.2. The first-order chi connectivity index (χ1) is 14.5. The standard InChI is InChI=1S/C21H27ClF3N3O3/c1-13(26-18(29)10-14-6-4-3-5-7-14)20(31)28(2)12-19(30)27-15-8-9-17(22)16(11-15)21(23,24)25/h8-9,11,13-14H,3-7,10,12H2,1-2H3,(H,26,29)(H,27,30). The van der Waals surface area contributed by atoms with Gasteiger partial charge in [0.25, 0.3) is 0 Å². The largest absolute Gasteiger partial charge is 0.417 e. The van der Waals surface area contributed by atoms with Crippen molar-refractivity contribution >= 4 is 35.0 Å². The van der Waals surface area contributed by atoms with Crippen molar-refractivity contribution in [3.05, 3.63) is 28.8 Å². The Bertz CT molecular complexity index is 811. The summed E-state index contributed by atoms with van der Waals surface area (Å²) < 4.78 is 38.8. The fourth-order valence-electron chi connectivity index (χ4n) is 3.66. The molecule has 3 amide bonds. The van der Waals surface area contributed by atoms with E-state index in [0.717, 1.165) is 42.7 Å². The molecule has 10 heteroatoms. The summed E-state index contributed by atoms with van der Waals surface area (Å²) in [6, 6.07) is 2.20. The van der Waals surface area contributed by atoms with Gasteiger partial charge >= 0.3 is 6.18 Å². The number of rotatable bonds is 7. The Morgan fingerprint density at radius 2 is 1.81 bits per heavy atom. The van der Waals surface area contributed by atoms with Gasteiger partial charge in [0, 0.05) is 19.2 Å². The van der Waals surface area contributed by atoms with Gasteiger partial charge in [0.05, 0.1) is 17.1 Å². The van der Waals surface area contributed by atoms with Gasteiger partial charge in [-0.1, -0.05) is 30.9 Å². The molecule has 1 atom stereocenters. The van der Waals surface area contributed by atoms with Crippen molar-refractivity contribution in [1.82, 2.24) is 10.2 Å². The normalized spacial score (nSPS) is 15.8. The lowest BCUT2D eigenvalue weighted by atomic mass is 9.87. The summed E-state index contributed by atoms with van der Waals surface area (Å²) in [5.41, 5.74) is -1.15. The number of hydrogen-bond donors (Lipinski definition) is 2. The second kappa shape index (κ2) is 10.8. The van der Waals surface area contributed by atoms with E-state index in [2.05, 4.69) is 10.6 Å². The minimum Gasteiger partial charge on any atom is -0.345 e. The quantitative estimate of drug-likeness (QED) is 0.637. The van der Waals surface area contributed by atoms with Crippen molar-refractivity contribution in [2.24, 2.45) is 5.92 Å². The topological polar surface area (TPSA) is 78.5 Å². The third-order valence-electron chi connectivity index (χ3n) is 5.26. The van der Waals surface area contributed by atoms with Gasteiger partial charge < -0.3 is 15.5 Å². The van der Waals surface area contributed by atoms with Crippen LogP contribution in [0.4, 0.5) is 18.9 Å². The van der Waals surface area contributed by atoms with E-state index in [0.29, 0.717) is 12.3 Å². The van der Waals surface area contributed by atoms with E-state index < -0.39 is 34.6 Å². The van der Waals surface area contributed by atoms with Gasteiger partial charge in [0.1, 0.15) is 6.04 Å². The van der Waals surface area contributed by atoms with E-state index >= 15 is 0 Å². The fourth-order valence-corrected chi connectivity index (χ4v) is 3.88. The molecule has 2 rings (SSSR count). The number of likely N-dealkylation sites (N-methyl/N-ethyl adjacent to an activating group) is 1. The van der Waals surface area contributed by atoms with Gasteiger partial charge in [-0.05, 0) is 43.9 Å². The molecule has 0 bridgehead atoms. The van der Waals surface area contributed by atoms with Crippen molar-refractivity contribution in [3.8, 4) is 0 Å². The minimum atomic E-state index is -4.66. The number of nitrogens with zero attached hydrogens (tertiary/aromatic N) is 1. The molecule has 1 aliphatic carbocycles. The fraction of sp³-hybridized carbons (Fsp3) is 0.571. The zero-order valence-corrected chi connectivity index (χ0v) is 18.3. The van der Waals surface area contributed by atoms with Crippen LogP contribution in [0.15, 0.2) is 18.2 Å². The Hall–Kier alpha value is -2.29. The molecular formula is C21H27ClF3N3O3. The van der Waals surface area contributed by atoms with Gasteiger partial charge in [-0.25, -0.2) is 0 Å². The molecule has 1 aliphatic rings. The first-order valence-corrected chi connectivity index (χ1v) is 10.6. The molecule has 1 unspecified atom stereocenters. The molecule has 0 aromatic heterocycles. The molecule has 0 spiro atoms. The maximum atomic E-state index is 12.9. The van der Waals surface area contributed by atoms with Crippen LogP contribution in [-0.4, -0.2) is 42.3 Å². The van der Waals surface area contributed by atoms with Crippen LogP contribution >= 0.6 is 11.6 Å². The molecule has 1 saturated carbocycles. The molecular weight excluding hydrogens is 435 g/mol. The van der Waals surface area contributed by atoms with Gasteiger partial charge in [-0.3, -0.25) is 14.4 Å². The smallest absolute Gasteiger partial charge is 0.345 e. The summed E-state index contributed by atoms with van der Waals surface area (Å²) in [6.45, 7) is 1.15. The molecule has 6 nitrogen and oxygen atoms in total. The Labute approximate surface area is 184 Å². The van der Waals surface area contributed by atoms with Crippen LogP contribution in [-0.2, 0) is 20.6 Å². The van der Waals surface area contributed by atoms with Crippen molar-refractivity contribution in [3.63, 3.8) is 0 Å². The Kier molecular flexibility index (Phi) is 8.73. The second-order valence-electron chi connectivity index (χ2n) is 7.93. The van der Waals surface area contributed by atoms with Crippen molar-refractivity contribution < 1.29 is 27.6 Å². The second-order valence-corrected chi connectivity index (χ2v) is 8.34. The number of amides is 3. The molecule has 31 heavy (non-hydrogen) atoms. The van der Waals surface area contributed by atoms with Crippen LogP contribution in [0.5, 0.6) is 0 Å². The van der Waals surface area contributed by atoms with Crippen LogP contribution in [0.25, 0.3) is 0 Å². The summed E-state index contributed by atoms with van der Waals surface area (Å²) in [4.78, 5) is 37.9. The predicted molar refractivity (Wildman–Crippen MR) is 112 cm³/mol. The van der Waals surface area contributed by atoms with Gasteiger partial charge in [-0.2, -0.15) is 13.2 Å². The maximum absolute atomic E-state index is 12.9. The predicted octanol–water partition coefficient (Wildman–Crippen LogP) is 4.23. The highest BCUT2D eigenvalue weighted by Gasteiger charge is 2.33. The monoisotopic (exact) mass is 461 g/mol. The Morgan fingerprint density at radius 1 is 1.16 bits per heavy atom. The van der Waals surface area contributed by atoms with Gasteiger partial charge in [0.2, 0.25) is 17.7 Å². The number of halogens is 4. The highest BCUT2D eigenvalue weighted by atomic mass is 35.5. The summed E-state index contributed by atoms with van der Waals surface area (Å²) in [5.74, 6) is -1.02. The minimum absolute atomic E-state index is 0.0867. The lowest BCUT2D eigenvalue weighted by Crippen LogP contribution is -2.47. The molecule has 0 radical (unpaired) electrons. The average Bonchev–Trinajstić information content (AvgIpc) is 2.68. The number of nitrogens with one attached hydrogen (secondary N) is 2. The molecule has 0 saturated heterocycles. The average molecular weight is 462 g/mol. The number of carbonyl (C=O) groups is 3. The SMILES string of the molecule is CC(NC(=O)CC1CCCCC1)C(=O)N(C)CC(=O)Nc1ccc(Cl)c(C(F)(F)F)c1. The molecule has 172 valence electrons. The van der Waals surface area contributed by atoms with E-state index in [-0.39, 0.29) is 18.1 Å². The summed E-state index contributed by atoms with van der Waals surface area (Å²) in [7, 11) is 1.38. The number of carbonyl (C=O) groups excluding carboxylic acids is 3. The lowest BCUT2D eigenvalue weighted by Gasteiger charge is -2.24. The third-order valence-corrected chi connectivity index (χ3v) is 5.59. The number of hydrogen-bond acceptors (Lipinski definition) is 3. The van der Waals surface area contributed by atoms with E-state index in [1.54, 1.807) is 0 Å². The molecule has 2 N–H and O–H groups in total. The van der Waals surface area contributed by atoms with Gasteiger partial charge in [-0.15, -0.1) is 0 Å². The van der Waals surface area contributed by atoms with Crippen molar-refractivity contribution in [2.45, 2.75) is 57.7 Å². The molecule has 1 aromatic carbocycles. The van der Waals surface area contributed by atoms with Gasteiger partial charge in [0.15, 0.2) is 0 Å². The van der Waals surface area contributed by atoms with Crippen molar-refractivity contribution in [2.75, 3.05) is 18.9 Å².